The van der Waals surface area contributed by atoms with Crippen LogP contribution in [0.3, 0.4) is 0 Å². The summed E-state index contributed by atoms with van der Waals surface area (Å²) in [4.78, 5) is 20.3. The fourth-order valence-electron chi connectivity index (χ4n) is 4.42. The highest BCUT2D eigenvalue weighted by molar-refractivity contribution is 5.90. The van der Waals surface area contributed by atoms with Crippen LogP contribution in [0.15, 0.2) is 61.1 Å². The van der Waals surface area contributed by atoms with Crippen LogP contribution in [0.5, 0.6) is 5.75 Å². The fraction of sp³-hybridized carbons (Fsp3) is 0.292. The number of fused-ring (bicyclic) bond motifs is 1. The first kappa shape index (κ1) is 19.7. The van der Waals surface area contributed by atoms with E-state index in [0.717, 1.165) is 23.2 Å². The van der Waals surface area contributed by atoms with Crippen molar-refractivity contribution in [3.63, 3.8) is 0 Å². The number of benzene rings is 2. The van der Waals surface area contributed by atoms with Crippen molar-refractivity contribution in [1.82, 2.24) is 14.5 Å². The SMILES string of the molecule is CCCC1(c2ccc(C#N)cc2OC)C(=O)N(Cc2ccccc2)Cc2cncn21. The van der Waals surface area contributed by atoms with Gasteiger partial charge in [-0.2, -0.15) is 5.26 Å². The van der Waals surface area contributed by atoms with Crippen molar-refractivity contribution in [2.75, 3.05) is 7.11 Å². The first-order chi connectivity index (χ1) is 14.6. The second kappa shape index (κ2) is 8.03. The normalized spacial score (nSPS) is 18.0. The van der Waals surface area contributed by atoms with E-state index in [4.69, 9.17) is 4.74 Å². The second-order valence-corrected chi connectivity index (χ2v) is 7.54. The molecule has 0 aliphatic carbocycles. The number of imidazole rings is 1. The summed E-state index contributed by atoms with van der Waals surface area (Å²) in [6, 6.07) is 17.4. The molecule has 0 saturated heterocycles. The quantitative estimate of drug-likeness (QED) is 0.630. The Morgan fingerprint density at radius 1 is 1.23 bits per heavy atom. The molecule has 1 aliphatic rings. The zero-order chi connectivity index (χ0) is 21.1. The molecule has 0 bridgehead atoms. The molecule has 0 spiro atoms. The lowest BCUT2D eigenvalue weighted by Gasteiger charge is -2.44. The third kappa shape index (κ3) is 3.13. The molecular formula is C24H24N4O2. The van der Waals surface area contributed by atoms with Gasteiger partial charge in [-0.25, -0.2) is 4.98 Å². The Morgan fingerprint density at radius 2 is 2.03 bits per heavy atom. The lowest BCUT2D eigenvalue weighted by molar-refractivity contribution is -0.143. The van der Waals surface area contributed by atoms with E-state index in [1.165, 1.54) is 0 Å². The van der Waals surface area contributed by atoms with Crippen molar-refractivity contribution < 1.29 is 9.53 Å². The van der Waals surface area contributed by atoms with Crippen LogP contribution in [0.25, 0.3) is 0 Å². The lowest BCUT2D eigenvalue weighted by atomic mass is 9.81. The minimum Gasteiger partial charge on any atom is -0.496 e. The molecule has 4 rings (SSSR count). The lowest BCUT2D eigenvalue weighted by Crippen LogP contribution is -2.55. The molecule has 2 aromatic carbocycles. The molecule has 0 N–H and O–H groups in total. The van der Waals surface area contributed by atoms with Crippen molar-refractivity contribution in [2.45, 2.75) is 38.4 Å². The smallest absolute Gasteiger partial charge is 0.254 e. The molecule has 0 radical (unpaired) electrons. The van der Waals surface area contributed by atoms with Crippen LogP contribution >= 0.6 is 0 Å². The van der Waals surface area contributed by atoms with Crippen molar-refractivity contribution >= 4 is 5.91 Å². The minimum atomic E-state index is -0.965. The highest BCUT2D eigenvalue weighted by Crippen LogP contribution is 2.43. The number of rotatable bonds is 6. The van der Waals surface area contributed by atoms with Crippen molar-refractivity contribution in [3.8, 4) is 11.8 Å². The molecule has 1 atom stereocenters. The van der Waals surface area contributed by atoms with E-state index >= 15 is 0 Å². The molecule has 0 fully saturated rings. The molecule has 1 aromatic heterocycles. The number of aromatic nitrogens is 2. The number of methoxy groups -OCH3 is 1. The Labute approximate surface area is 176 Å². The van der Waals surface area contributed by atoms with Gasteiger partial charge in [0.05, 0.1) is 37.3 Å². The molecule has 3 aromatic rings. The second-order valence-electron chi connectivity index (χ2n) is 7.54. The van der Waals surface area contributed by atoms with E-state index in [2.05, 4.69) is 18.0 Å². The van der Waals surface area contributed by atoms with Gasteiger partial charge in [0.1, 0.15) is 5.75 Å². The Bertz CT molecular complexity index is 1100. The first-order valence-corrected chi connectivity index (χ1v) is 10.1. The molecule has 6 heteroatoms. The zero-order valence-electron chi connectivity index (χ0n) is 17.2. The predicted octanol–water partition coefficient (Wildman–Crippen LogP) is 3.85. The van der Waals surface area contributed by atoms with Gasteiger partial charge in [-0.05, 0) is 24.1 Å². The zero-order valence-corrected chi connectivity index (χ0v) is 17.2. The molecule has 0 saturated carbocycles. The standard InChI is InChI=1S/C24H24N4O2/c1-3-11-24(21-10-9-19(13-25)12-22(21)30-2)23(29)27(15-18-7-5-4-6-8-18)16-20-14-26-17-28(20)24/h4-10,12,14,17H,3,11,15-16H2,1-2H3. The highest BCUT2D eigenvalue weighted by Gasteiger charge is 2.49. The summed E-state index contributed by atoms with van der Waals surface area (Å²) in [5.74, 6) is 0.554. The Balaban J connectivity index is 1.89. The van der Waals surface area contributed by atoms with E-state index in [0.29, 0.717) is 30.8 Å². The van der Waals surface area contributed by atoms with E-state index < -0.39 is 5.54 Å². The van der Waals surface area contributed by atoms with Gasteiger partial charge in [-0.15, -0.1) is 0 Å². The third-order valence-electron chi connectivity index (χ3n) is 5.72. The van der Waals surface area contributed by atoms with Crippen molar-refractivity contribution in [1.29, 1.82) is 5.26 Å². The summed E-state index contributed by atoms with van der Waals surface area (Å²) in [6.07, 6.45) is 4.96. The average Bonchev–Trinajstić information content (AvgIpc) is 3.26. The van der Waals surface area contributed by atoms with Crippen LogP contribution in [0.1, 0.15) is 42.1 Å². The summed E-state index contributed by atoms with van der Waals surface area (Å²) in [7, 11) is 1.57. The van der Waals surface area contributed by atoms with Crippen molar-refractivity contribution in [3.05, 3.63) is 83.4 Å². The number of ether oxygens (including phenoxy) is 1. The molecule has 2 heterocycles. The molecule has 30 heavy (non-hydrogen) atoms. The van der Waals surface area contributed by atoms with Crippen LogP contribution in [-0.4, -0.2) is 27.5 Å². The van der Waals surface area contributed by atoms with Gasteiger partial charge in [-0.3, -0.25) is 4.79 Å². The number of nitriles is 1. The molecule has 152 valence electrons. The molecule has 6 nitrogen and oxygen atoms in total. The fourth-order valence-corrected chi connectivity index (χ4v) is 4.42. The third-order valence-corrected chi connectivity index (χ3v) is 5.72. The first-order valence-electron chi connectivity index (χ1n) is 10.1. The topological polar surface area (TPSA) is 71.2 Å². The Kier molecular flexibility index (Phi) is 5.28. The predicted molar refractivity (Wildman–Crippen MR) is 113 cm³/mol. The Morgan fingerprint density at radius 3 is 2.73 bits per heavy atom. The average molecular weight is 400 g/mol. The van der Waals surface area contributed by atoms with Crippen LogP contribution in [-0.2, 0) is 23.4 Å². The maximum atomic E-state index is 14.1. The summed E-state index contributed by atoms with van der Waals surface area (Å²) >= 11 is 0. The van der Waals surface area contributed by atoms with Crippen molar-refractivity contribution in [2.24, 2.45) is 0 Å². The van der Waals surface area contributed by atoms with Gasteiger partial charge < -0.3 is 14.2 Å². The van der Waals surface area contributed by atoms with E-state index in [-0.39, 0.29) is 5.91 Å². The van der Waals surface area contributed by atoms with E-state index in [1.54, 1.807) is 25.6 Å². The van der Waals surface area contributed by atoms with Gasteiger partial charge in [-0.1, -0.05) is 49.7 Å². The Hall–Kier alpha value is -3.59. The number of hydrogen-bond donors (Lipinski definition) is 0. The van der Waals surface area contributed by atoms with Gasteiger partial charge in [0.2, 0.25) is 0 Å². The molecule has 1 amide bonds. The van der Waals surface area contributed by atoms with E-state index in [9.17, 15) is 10.1 Å². The van der Waals surface area contributed by atoms with Gasteiger partial charge >= 0.3 is 0 Å². The largest absolute Gasteiger partial charge is 0.496 e. The maximum Gasteiger partial charge on any atom is 0.254 e. The monoisotopic (exact) mass is 400 g/mol. The molecular weight excluding hydrogens is 376 g/mol. The van der Waals surface area contributed by atoms with Gasteiger partial charge in [0, 0.05) is 18.3 Å². The van der Waals surface area contributed by atoms with Crippen LogP contribution in [0, 0.1) is 11.3 Å². The van der Waals surface area contributed by atoms with Crippen LogP contribution < -0.4 is 4.74 Å². The number of nitrogens with zero attached hydrogens (tertiary/aromatic N) is 4. The number of amides is 1. The highest BCUT2D eigenvalue weighted by atomic mass is 16.5. The molecule has 1 unspecified atom stereocenters. The molecule has 1 aliphatic heterocycles. The van der Waals surface area contributed by atoms with Crippen LogP contribution in [0.4, 0.5) is 0 Å². The summed E-state index contributed by atoms with van der Waals surface area (Å²) < 4.78 is 7.64. The number of hydrogen-bond acceptors (Lipinski definition) is 4. The summed E-state index contributed by atoms with van der Waals surface area (Å²) in [6.45, 7) is 3.09. The minimum absolute atomic E-state index is 0.0155. The van der Waals surface area contributed by atoms with E-state index in [1.807, 2.05) is 52.1 Å². The maximum absolute atomic E-state index is 14.1. The van der Waals surface area contributed by atoms with Crippen LogP contribution in [0.2, 0.25) is 0 Å². The van der Waals surface area contributed by atoms with Gasteiger partial charge in [0.15, 0.2) is 5.54 Å². The number of carbonyl (C=O) groups is 1. The number of carbonyl (C=O) groups excluding carboxylic acids is 1. The summed E-state index contributed by atoms with van der Waals surface area (Å²) in [5, 5.41) is 9.31. The summed E-state index contributed by atoms with van der Waals surface area (Å²) in [5.41, 5.74) is 2.35. The van der Waals surface area contributed by atoms with Gasteiger partial charge in [0.25, 0.3) is 5.91 Å².